The number of aliphatic hydroxyl groups is 1. The van der Waals surface area contributed by atoms with Gasteiger partial charge in [0, 0.05) is 28.4 Å². The molecule has 1 amide bonds. The molecule has 5 nitrogen and oxygen atoms in total. The first-order valence-electron chi connectivity index (χ1n) is 12.2. The molecule has 204 valence electrons. The molecule has 1 fully saturated rings. The first-order chi connectivity index (χ1) is 16.8. The van der Waals surface area contributed by atoms with Crippen molar-refractivity contribution in [1.29, 1.82) is 0 Å². The summed E-state index contributed by atoms with van der Waals surface area (Å²) >= 11 is 0. The van der Waals surface area contributed by atoms with E-state index in [1.807, 2.05) is 10.9 Å². The summed E-state index contributed by atoms with van der Waals surface area (Å²) in [5.41, 5.74) is -0.951. The van der Waals surface area contributed by atoms with Crippen molar-refractivity contribution in [3.63, 3.8) is 0 Å². The Morgan fingerprint density at radius 1 is 1.08 bits per heavy atom. The highest BCUT2D eigenvalue weighted by Gasteiger charge is 2.65. The summed E-state index contributed by atoms with van der Waals surface area (Å²) in [5, 5.41) is 18.6. The average molecular weight is 546 g/mol. The van der Waals surface area contributed by atoms with Gasteiger partial charge in [-0.25, -0.2) is 0 Å². The second kappa shape index (κ2) is 8.42. The van der Waals surface area contributed by atoms with Gasteiger partial charge in [-0.2, -0.15) is 5.10 Å². The Hall–Kier alpha value is -2.66. The lowest BCUT2D eigenvalue weighted by Crippen LogP contribution is -2.21. The molecule has 1 aromatic heterocycles. The Labute approximate surface area is 212 Å². The van der Waals surface area contributed by atoms with E-state index < -0.39 is 32.2 Å². The monoisotopic (exact) mass is 545 g/mol. The topological polar surface area (TPSA) is 67.2 Å². The van der Waals surface area contributed by atoms with Crippen LogP contribution in [-0.2, 0) is 5.60 Å². The van der Waals surface area contributed by atoms with E-state index in [0.29, 0.717) is 28.3 Å². The van der Waals surface area contributed by atoms with Crippen molar-refractivity contribution in [3.8, 4) is 0 Å². The van der Waals surface area contributed by atoms with Crippen LogP contribution in [0.15, 0.2) is 47.5 Å². The van der Waals surface area contributed by atoms with Crippen LogP contribution in [0.1, 0.15) is 75.3 Å². The zero-order chi connectivity index (χ0) is 27.5. The number of amides is 1. The van der Waals surface area contributed by atoms with E-state index in [-0.39, 0.29) is 23.9 Å². The lowest BCUT2D eigenvalue weighted by atomic mass is 9.80. The standard InChI is InChI=1S/C26H32F5N3O2S/c1-16(2)17-8-10-20(11-9-17)34-15-19-13-24(22(26(3,4)36)14-23(19)33-34)32-25(35)18-6-5-7-21(12-18)37(27,28,29,30)31/h5-7,12-17,20,36H,8-11H2,1-4H3,(H,32,35)/t17-,20-. The lowest BCUT2D eigenvalue weighted by molar-refractivity contribution is 0.0793. The smallest absolute Gasteiger partial charge is 0.310 e. The molecular formula is C26H32F5N3O2S. The van der Waals surface area contributed by atoms with Crippen LogP contribution in [0, 0.1) is 11.8 Å². The molecule has 0 bridgehead atoms. The van der Waals surface area contributed by atoms with Gasteiger partial charge in [-0.15, -0.1) is 0 Å². The van der Waals surface area contributed by atoms with Crippen molar-refractivity contribution in [3.05, 3.63) is 53.7 Å². The number of rotatable bonds is 6. The third-order valence-corrected chi connectivity index (χ3v) is 8.31. The molecule has 0 atom stereocenters. The van der Waals surface area contributed by atoms with E-state index in [9.17, 15) is 29.3 Å². The van der Waals surface area contributed by atoms with Gasteiger partial charge in [-0.3, -0.25) is 9.48 Å². The fourth-order valence-corrected chi connectivity index (χ4v) is 5.68. The van der Waals surface area contributed by atoms with Gasteiger partial charge in [0.2, 0.25) is 0 Å². The predicted octanol–water partition coefficient (Wildman–Crippen LogP) is 8.56. The summed E-state index contributed by atoms with van der Waals surface area (Å²) in [7, 11) is -9.95. The van der Waals surface area contributed by atoms with Crippen LogP contribution in [0.3, 0.4) is 0 Å². The first-order valence-corrected chi connectivity index (χ1v) is 14.2. The number of nitrogens with one attached hydrogen (secondary N) is 1. The molecule has 1 saturated carbocycles. The van der Waals surface area contributed by atoms with Crippen LogP contribution >= 0.6 is 10.2 Å². The Morgan fingerprint density at radius 2 is 1.73 bits per heavy atom. The van der Waals surface area contributed by atoms with Crippen molar-refractivity contribution in [1.82, 2.24) is 9.78 Å². The Bertz CT molecular complexity index is 1340. The summed E-state index contributed by atoms with van der Waals surface area (Å²) in [5.74, 6) is 0.304. The van der Waals surface area contributed by atoms with Crippen LogP contribution in [-0.4, -0.2) is 20.8 Å². The van der Waals surface area contributed by atoms with Crippen LogP contribution in [0.25, 0.3) is 10.9 Å². The third kappa shape index (κ3) is 6.09. The van der Waals surface area contributed by atoms with E-state index in [2.05, 4.69) is 19.2 Å². The lowest BCUT2D eigenvalue weighted by Gasteiger charge is -2.40. The van der Waals surface area contributed by atoms with Gasteiger partial charge in [-0.05, 0) is 81.7 Å². The number of carbonyl (C=O) groups excluding carboxylic acids is 1. The van der Waals surface area contributed by atoms with E-state index in [1.165, 1.54) is 13.8 Å². The number of aromatic nitrogens is 2. The Balaban J connectivity index is 1.66. The van der Waals surface area contributed by atoms with Crippen LogP contribution in [0.2, 0.25) is 0 Å². The van der Waals surface area contributed by atoms with Gasteiger partial charge < -0.3 is 10.4 Å². The molecule has 2 N–H and O–H groups in total. The van der Waals surface area contributed by atoms with Gasteiger partial charge >= 0.3 is 10.2 Å². The maximum atomic E-state index is 13.3. The minimum atomic E-state index is -9.95. The van der Waals surface area contributed by atoms with Crippen molar-refractivity contribution in [2.45, 2.75) is 69.9 Å². The van der Waals surface area contributed by atoms with E-state index in [0.717, 1.165) is 37.8 Å². The zero-order valence-electron chi connectivity index (χ0n) is 21.1. The minimum absolute atomic E-state index is 0.144. The molecule has 4 rings (SSSR count). The third-order valence-electron chi connectivity index (χ3n) is 7.17. The number of hydrogen-bond donors (Lipinski definition) is 2. The van der Waals surface area contributed by atoms with Gasteiger partial charge in [0.1, 0.15) is 4.90 Å². The number of anilines is 1. The Morgan fingerprint density at radius 3 is 2.30 bits per heavy atom. The predicted molar refractivity (Wildman–Crippen MR) is 137 cm³/mol. The molecule has 11 heteroatoms. The average Bonchev–Trinajstić information content (AvgIpc) is 3.19. The molecule has 2 aromatic carbocycles. The van der Waals surface area contributed by atoms with Crippen LogP contribution < -0.4 is 5.32 Å². The minimum Gasteiger partial charge on any atom is -0.386 e. The molecule has 0 saturated heterocycles. The molecule has 37 heavy (non-hydrogen) atoms. The van der Waals surface area contributed by atoms with Crippen molar-refractivity contribution < 1.29 is 29.3 Å². The number of hydrogen-bond acceptors (Lipinski definition) is 3. The highest BCUT2D eigenvalue weighted by atomic mass is 32.5. The molecule has 1 aliphatic rings. The molecule has 0 spiro atoms. The maximum Gasteiger partial charge on any atom is 0.310 e. The van der Waals surface area contributed by atoms with Crippen LogP contribution in [0.4, 0.5) is 25.1 Å². The van der Waals surface area contributed by atoms with Crippen molar-refractivity contribution in [2.24, 2.45) is 11.8 Å². The van der Waals surface area contributed by atoms with Gasteiger partial charge in [0.05, 0.1) is 17.2 Å². The van der Waals surface area contributed by atoms with E-state index in [4.69, 9.17) is 5.10 Å². The van der Waals surface area contributed by atoms with Crippen molar-refractivity contribution >= 4 is 32.7 Å². The molecule has 1 aliphatic carbocycles. The molecule has 0 unspecified atom stereocenters. The SMILES string of the molecule is CC(C)[C@H]1CC[C@H](n2cc3cc(NC(=O)c4cccc(S(F)(F)(F)(F)F)c4)c(C(C)(C)O)cc3n2)CC1. The first kappa shape index (κ1) is 27.4. The quantitative estimate of drug-likeness (QED) is 0.305. The van der Waals surface area contributed by atoms with Gasteiger partial charge in [0.15, 0.2) is 0 Å². The number of halogens is 5. The molecular weight excluding hydrogens is 513 g/mol. The summed E-state index contributed by atoms with van der Waals surface area (Å²) in [6.07, 6.45) is 6.04. The summed E-state index contributed by atoms with van der Waals surface area (Å²) in [6, 6.07) is 5.63. The fourth-order valence-electron chi connectivity index (χ4n) is 4.99. The van der Waals surface area contributed by atoms with E-state index >= 15 is 0 Å². The Kier molecular flexibility index (Phi) is 6.23. The fraction of sp³-hybridized carbons (Fsp3) is 0.462. The molecule has 0 radical (unpaired) electrons. The number of carbonyl (C=O) groups is 1. The largest absolute Gasteiger partial charge is 0.386 e. The summed E-state index contributed by atoms with van der Waals surface area (Å²) < 4.78 is 68.2. The van der Waals surface area contributed by atoms with E-state index in [1.54, 1.807) is 12.1 Å². The van der Waals surface area contributed by atoms with Gasteiger partial charge in [0.25, 0.3) is 5.91 Å². The second-order valence-corrected chi connectivity index (χ2v) is 13.3. The number of fused-ring (bicyclic) bond motifs is 1. The molecule has 3 aromatic rings. The number of nitrogens with zero attached hydrogens (tertiary/aromatic N) is 2. The maximum absolute atomic E-state index is 13.3. The summed E-state index contributed by atoms with van der Waals surface area (Å²) in [6.45, 7) is 7.46. The highest BCUT2D eigenvalue weighted by Crippen LogP contribution is 3.02. The highest BCUT2D eigenvalue weighted by molar-refractivity contribution is 8.45. The number of benzene rings is 2. The summed E-state index contributed by atoms with van der Waals surface area (Å²) in [4.78, 5) is 10.7. The molecule has 0 aliphatic heterocycles. The molecule has 1 heterocycles. The van der Waals surface area contributed by atoms with Crippen LogP contribution in [0.5, 0.6) is 0 Å². The normalized spacial score (nSPS) is 21.1. The second-order valence-electron chi connectivity index (χ2n) is 10.9. The van der Waals surface area contributed by atoms with Gasteiger partial charge in [-0.1, -0.05) is 39.3 Å². The van der Waals surface area contributed by atoms with Crippen molar-refractivity contribution in [2.75, 3.05) is 5.32 Å². The zero-order valence-corrected chi connectivity index (χ0v) is 22.0.